The maximum absolute atomic E-state index is 13.1. The summed E-state index contributed by atoms with van der Waals surface area (Å²) in [6.07, 6.45) is 6.81. The molecule has 0 saturated carbocycles. The highest BCUT2D eigenvalue weighted by molar-refractivity contribution is 5.57. The molecule has 0 amide bonds. The molecule has 2 aromatic heterocycles. The number of nitrogens with one attached hydrogen (secondary N) is 2. The number of aromatic amines is 1. The largest absolute Gasteiger partial charge is 0.341 e. The number of imidazole rings is 1. The molecule has 4 nitrogen and oxygen atoms in total. The van der Waals surface area contributed by atoms with Gasteiger partial charge in [-0.05, 0) is 25.5 Å². The standard InChI is InChI=1S/C12H13FN4/c13-9-4-8(5-14-6-9)11-7-16-12(17-11)10-2-1-3-15-10/h4-7,10,15H,1-3H2,(H,16,17). The van der Waals surface area contributed by atoms with Crippen LogP contribution in [0.1, 0.15) is 24.7 Å². The number of hydrogen-bond donors (Lipinski definition) is 2. The Bertz CT molecular complexity index is 517. The summed E-state index contributed by atoms with van der Waals surface area (Å²) in [7, 11) is 0. The van der Waals surface area contributed by atoms with Crippen LogP contribution in [0.5, 0.6) is 0 Å². The van der Waals surface area contributed by atoms with E-state index in [1.165, 1.54) is 18.7 Å². The van der Waals surface area contributed by atoms with Crippen LogP contribution in [0.25, 0.3) is 11.3 Å². The summed E-state index contributed by atoms with van der Waals surface area (Å²) in [5.41, 5.74) is 1.53. The second-order valence-corrected chi connectivity index (χ2v) is 4.22. The molecule has 1 saturated heterocycles. The van der Waals surface area contributed by atoms with Gasteiger partial charge >= 0.3 is 0 Å². The van der Waals surface area contributed by atoms with Gasteiger partial charge in [-0.3, -0.25) is 4.98 Å². The average Bonchev–Trinajstić information content (AvgIpc) is 3.00. The van der Waals surface area contributed by atoms with Gasteiger partial charge < -0.3 is 10.3 Å². The van der Waals surface area contributed by atoms with Crippen molar-refractivity contribution in [1.82, 2.24) is 20.3 Å². The molecule has 3 rings (SSSR count). The molecule has 0 aromatic carbocycles. The lowest BCUT2D eigenvalue weighted by atomic mass is 10.2. The fourth-order valence-corrected chi connectivity index (χ4v) is 2.14. The Hall–Kier alpha value is -1.75. The van der Waals surface area contributed by atoms with Crippen molar-refractivity contribution in [2.45, 2.75) is 18.9 Å². The SMILES string of the molecule is Fc1cncc(-c2cnc(C3CCCN3)[nH]2)c1. The Balaban J connectivity index is 1.89. The van der Waals surface area contributed by atoms with Crippen LogP contribution >= 0.6 is 0 Å². The van der Waals surface area contributed by atoms with Crippen molar-refractivity contribution in [1.29, 1.82) is 0 Å². The summed E-state index contributed by atoms with van der Waals surface area (Å²) in [5, 5.41) is 3.37. The molecule has 5 heteroatoms. The zero-order valence-electron chi connectivity index (χ0n) is 9.28. The van der Waals surface area contributed by atoms with Crippen LogP contribution in [-0.4, -0.2) is 21.5 Å². The fourth-order valence-electron chi connectivity index (χ4n) is 2.14. The van der Waals surface area contributed by atoms with Gasteiger partial charge in [0.15, 0.2) is 0 Å². The van der Waals surface area contributed by atoms with Crippen molar-refractivity contribution in [3.8, 4) is 11.3 Å². The highest BCUT2D eigenvalue weighted by Crippen LogP contribution is 2.23. The molecule has 1 atom stereocenters. The first-order valence-corrected chi connectivity index (χ1v) is 5.72. The van der Waals surface area contributed by atoms with Gasteiger partial charge in [0, 0.05) is 11.8 Å². The molecule has 1 aliphatic rings. The van der Waals surface area contributed by atoms with E-state index in [4.69, 9.17) is 0 Å². The topological polar surface area (TPSA) is 53.6 Å². The molecule has 0 aliphatic carbocycles. The van der Waals surface area contributed by atoms with E-state index >= 15 is 0 Å². The van der Waals surface area contributed by atoms with Gasteiger partial charge in [-0.2, -0.15) is 0 Å². The number of H-pyrrole nitrogens is 1. The molecule has 1 unspecified atom stereocenters. The van der Waals surface area contributed by atoms with Gasteiger partial charge in [0.1, 0.15) is 11.6 Å². The van der Waals surface area contributed by atoms with E-state index in [0.29, 0.717) is 6.04 Å². The Morgan fingerprint density at radius 3 is 3.00 bits per heavy atom. The molecule has 0 spiro atoms. The van der Waals surface area contributed by atoms with E-state index in [2.05, 4.69) is 20.3 Å². The molecule has 3 heterocycles. The van der Waals surface area contributed by atoms with Crippen LogP contribution in [0.2, 0.25) is 0 Å². The van der Waals surface area contributed by atoms with E-state index in [0.717, 1.165) is 30.0 Å². The zero-order chi connectivity index (χ0) is 11.7. The van der Waals surface area contributed by atoms with E-state index in [1.54, 1.807) is 12.4 Å². The summed E-state index contributed by atoms with van der Waals surface area (Å²) < 4.78 is 13.1. The number of halogens is 1. The molecular formula is C12H13FN4. The third-order valence-corrected chi connectivity index (χ3v) is 3.00. The molecule has 17 heavy (non-hydrogen) atoms. The number of pyridine rings is 1. The van der Waals surface area contributed by atoms with Crippen molar-refractivity contribution in [3.05, 3.63) is 36.3 Å². The first-order valence-electron chi connectivity index (χ1n) is 5.72. The second kappa shape index (κ2) is 4.25. The highest BCUT2D eigenvalue weighted by Gasteiger charge is 2.19. The smallest absolute Gasteiger partial charge is 0.142 e. The lowest BCUT2D eigenvalue weighted by molar-refractivity contribution is 0.612. The van der Waals surface area contributed by atoms with Gasteiger partial charge in [0.25, 0.3) is 0 Å². The molecule has 1 aliphatic heterocycles. The van der Waals surface area contributed by atoms with Crippen LogP contribution in [0.3, 0.4) is 0 Å². The quantitative estimate of drug-likeness (QED) is 0.833. The van der Waals surface area contributed by atoms with Crippen molar-refractivity contribution in [3.63, 3.8) is 0 Å². The van der Waals surface area contributed by atoms with Crippen LogP contribution in [0.4, 0.5) is 4.39 Å². The summed E-state index contributed by atoms with van der Waals surface area (Å²) in [6.45, 7) is 1.03. The maximum Gasteiger partial charge on any atom is 0.142 e. The molecule has 88 valence electrons. The molecular weight excluding hydrogens is 219 g/mol. The lowest BCUT2D eigenvalue weighted by Gasteiger charge is -2.05. The first kappa shape index (κ1) is 10.4. The van der Waals surface area contributed by atoms with Gasteiger partial charge in [-0.1, -0.05) is 0 Å². The third-order valence-electron chi connectivity index (χ3n) is 3.00. The first-order chi connectivity index (χ1) is 8.33. The predicted octanol–water partition coefficient (Wildman–Crippen LogP) is 2.04. The maximum atomic E-state index is 13.1. The van der Waals surface area contributed by atoms with E-state index < -0.39 is 0 Å². The Morgan fingerprint density at radius 2 is 2.24 bits per heavy atom. The zero-order valence-corrected chi connectivity index (χ0v) is 9.28. The van der Waals surface area contributed by atoms with Crippen molar-refractivity contribution in [2.75, 3.05) is 6.54 Å². The number of hydrogen-bond acceptors (Lipinski definition) is 3. The lowest BCUT2D eigenvalue weighted by Crippen LogP contribution is -2.14. The van der Waals surface area contributed by atoms with E-state index in [-0.39, 0.29) is 5.82 Å². The highest BCUT2D eigenvalue weighted by atomic mass is 19.1. The summed E-state index contributed by atoms with van der Waals surface area (Å²) in [5.74, 6) is 0.583. The molecule has 2 aromatic rings. The minimum Gasteiger partial charge on any atom is -0.341 e. The van der Waals surface area contributed by atoms with Crippen molar-refractivity contribution < 1.29 is 4.39 Å². The van der Waals surface area contributed by atoms with Gasteiger partial charge in [0.05, 0.1) is 24.1 Å². The molecule has 1 fully saturated rings. The Kier molecular flexibility index (Phi) is 2.60. The van der Waals surface area contributed by atoms with Crippen molar-refractivity contribution >= 4 is 0 Å². The number of rotatable bonds is 2. The van der Waals surface area contributed by atoms with Crippen LogP contribution in [-0.2, 0) is 0 Å². The van der Waals surface area contributed by atoms with Crippen LogP contribution in [0.15, 0.2) is 24.7 Å². The van der Waals surface area contributed by atoms with E-state index in [9.17, 15) is 4.39 Å². The normalized spacial score (nSPS) is 19.7. The number of aromatic nitrogens is 3. The van der Waals surface area contributed by atoms with Crippen molar-refractivity contribution in [2.24, 2.45) is 0 Å². The third kappa shape index (κ3) is 2.06. The minimum atomic E-state index is -0.336. The molecule has 0 bridgehead atoms. The Labute approximate surface area is 98.3 Å². The van der Waals surface area contributed by atoms with Crippen LogP contribution in [0, 0.1) is 5.82 Å². The average molecular weight is 232 g/mol. The number of nitrogens with zero attached hydrogens (tertiary/aromatic N) is 2. The molecule has 2 N–H and O–H groups in total. The van der Waals surface area contributed by atoms with Crippen LogP contribution < -0.4 is 5.32 Å². The van der Waals surface area contributed by atoms with Gasteiger partial charge in [-0.25, -0.2) is 9.37 Å². The monoisotopic (exact) mass is 232 g/mol. The second-order valence-electron chi connectivity index (χ2n) is 4.22. The fraction of sp³-hybridized carbons (Fsp3) is 0.333. The van der Waals surface area contributed by atoms with Gasteiger partial charge in [0.2, 0.25) is 0 Å². The minimum absolute atomic E-state index is 0.297. The summed E-state index contributed by atoms with van der Waals surface area (Å²) in [6, 6.07) is 1.75. The Morgan fingerprint density at radius 1 is 1.29 bits per heavy atom. The van der Waals surface area contributed by atoms with E-state index in [1.807, 2.05) is 0 Å². The van der Waals surface area contributed by atoms with Gasteiger partial charge in [-0.15, -0.1) is 0 Å². The summed E-state index contributed by atoms with van der Waals surface area (Å²) >= 11 is 0. The molecule has 0 radical (unpaired) electrons. The predicted molar refractivity (Wildman–Crippen MR) is 61.8 cm³/mol. The summed E-state index contributed by atoms with van der Waals surface area (Å²) in [4.78, 5) is 11.4.